The molecule has 0 aromatic heterocycles. The lowest BCUT2D eigenvalue weighted by Crippen LogP contribution is -2.44. The van der Waals surface area contributed by atoms with Gasteiger partial charge >= 0.3 is 0 Å². The van der Waals surface area contributed by atoms with Gasteiger partial charge in [-0.2, -0.15) is 0 Å². The molecule has 0 radical (unpaired) electrons. The second kappa shape index (κ2) is 5.65. The van der Waals surface area contributed by atoms with Crippen LogP contribution in [0.25, 0.3) is 0 Å². The highest BCUT2D eigenvalue weighted by Crippen LogP contribution is 2.37. The average molecular weight is 275 g/mol. The molecule has 1 heterocycles. The largest absolute Gasteiger partial charge is 0.292 e. The van der Waals surface area contributed by atoms with Gasteiger partial charge in [-0.25, -0.2) is 4.39 Å². The van der Waals surface area contributed by atoms with Crippen LogP contribution >= 0.6 is 0 Å². The SMILES string of the molecule is CC(C(=O)c1ccc(F)cc1)N1CCC2CCCCC21. The molecule has 1 aromatic carbocycles. The molecule has 1 aliphatic heterocycles. The summed E-state index contributed by atoms with van der Waals surface area (Å²) in [4.78, 5) is 14.9. The van der Waals surface area contributed by atoms with E-state index in [-0.39, 0.29) is 17.6 Å². The van der Waals surface area contributed by atoms with E-state index in [4.69, 9.17) is 0 Å². The Balaban J connectivity index is 1.73. The zero-order valence-corrected chi connectivity index (χ0v) is 12.0. The van der Waals surface area contributed by atoms with Crippen molar-refractivity contribution in [2.75, 3.05) is 6.54 Å². The van der Waals surface area contributed by atoms with Crippen LogP contribution in [0.2, 0.25) is 0 Å². The standard InChI is InChI=1S/C17H22FNO/c1-12(17(20)14-6-8-15(18)9-7-14)19-11-10-13-4-2-3-5-16(13)19/h6-9,12-13,16H,2-5,10-11H2,1H3. The lowest BCUT2D eigenvalue weighted by molar-refractivity contribution is 0.0771. The van der Waals surface area contributed by atoms with Crippen molar-refractivity contribution in [3.63, 3.8) is 0 Å². The number of fused-ring (bicyclic) bond motifs is 1. The summed E-state index contributed by atoms with van der Waals surface area (Å²) in [7, 11) is 0. The van der Waals surface area contributed by atoms with Crippen LogP contribution < -0.4 is 0 Å². The first-order chi connectivity index (χ1) is 9.66. The Morgan fingerprint density at radius 2 is 1.90 bits per heavy atom. The number of Topliss-reactive ketones (excluding diaryl/α,β-unsaturated/α-hetero) is 1. The molecule has 0 N–H and O–H groups in total. The van der Waals surface area contributed by atoms with Gasteiger partial charge in [-0.05, 0) is 62.9 Å². The summed E-state index contributed by atoms with van der Waals surface area (Å²) >= 11 is 0. The van der Waals surface area contributed by atoms with Crippen LogP contribution in [0.5, 0.6) is 0 Å². The molecule has 108 valence electrons. The van der Waals surface area contributed by atoms with Crippen LogP contribution in [-0.2, 0) is 0 Å². The number of carbonyl (C=O) groups is 1. The van der Waals surface area contributed by atoms with Gasteiger partial charge in [0.05, 0.1) is 6.04 Å². The molecular formula is C17H22FNO. The summed E-state index contributed by atoms with van der Waals surface area (Å²) in [5.41, 5.74) is 0.623. The third kappa shape index (κ3) is 2.51. The van der Waals surface area contributed by atoms with Crippen LogP contribution in [-0.4, -0.2) is 29.3 Å². The maximum Gasteiger partial charge on any atom is 0.179 e. The number of likely N-dealkylation sites (tertiary alicyclic amines) is 1. The quantitative estimate of drug-likeness (QED) is 0.785. The first-order valence-corrected chi connectivity index (χ1v) is 7.72. The molecular weight excluding hydrogens is 253 g/mol. The summed E-state index contributed by atoms with van der Waals surface area (Å²) in [6.07, 6.45) is 6.40. The minimum atomic E-state index is -0.289. The van der Waals surface area contributed by atoms with E-state index >= 15 is 0 Å². The molecule has 0 bridgehead atoms. The molecule has 20 heavy (non-hydrogen) atoms. The number of nitrogens with zero attached hydrogens (tertiary/aromatic N) is 1. The zero-order chi connectivity index (χ0) is 14.1. The molecule has 1 saturated heterocycles. The Bertz CT molecular complexity index is 484. The maximum atomic E-state index is 13.0. The van der Waals surface area contributed by atoms with E-state index in [9.17, 15) is 9.18 Å². The molecule has 2 aliphatic rings. The smallest absolute Gasteiger partial charge is 0.179 e. The summed E-state index contributed by atoms with van der Waals surface area (Å²) in [6.45, 7) is 3.03. The molecule has 3 atom stereocenters. The van der Waals surface area contributed by atoms with E-state index in [0.717, 1.165) is 12.5 Å². The predicted molar refractivity (Wildman–Crippen MR) is 77.3 cm³/mol. The molecule has 1 aromatic rings. The maximum absolute atomic E-state index is 13.0. The van der Waals surface area contributed by atoms with Crippen molar-refractivity contribution in [2.45, 2.75) is 51.1 Å². The highest BCUT2D eigenvalue weighted by molar-refractivity contribution is 5.99. The highest BCUT2D eigenvalue weighted by atomic mass is 19.1. The van der Waals surface area contributed by atoms with Gasteiger partial charge in [0, 0.05) is 11.6 Å². The minimum absolute atomic E-state index is 0.0893. The number of rotatable bonds is 3. The van der Waals surface area contributed by atoms with Gasteiger partial charge in [-0.1, -0.05) is 12.8 Å². The highest BCUT2D eigenvalue weighted by Gasteiger charge is 2.39. The second-order valence-corrected chi connectivity index (χ2v) is 6.19. The van der Waals surface area contributed by atoms with Crippen LogP contribution in [0.4, 0.5) is 4.39 Å². The van der Waals surface area contributed by atoms with Gasteiger partial charge in [0.15, 0.2) is 5.78 Å². The molecule has 3 unspecified atom stereocenters. The minimum Gasteiger partial charge on any atom is -0.292 e. The number of hydrogen-bond donors (Lipinski definition) is 0. The summed E-state index contributed by atoms with van der Waals surface area (Å²) in [5.74, 6) is 0.617. The second-order valence-electron chi connectivity index (χ2n) is 6.19. The zero-order valence-electron chi connectivity index (χ0n) is 12.0. The fourth-order valence-corrected chi connectivity index (χ4v) is 3.93. The summed E-state index contributed by atoms with van der Waals surface area (Å²) < 4.78 is 13.0. The molecule has 0 amide bonds. The topological polar surface area (TPSA) is 20.3 Å². The van der Waals surface area contributed by atoms with Crippen molar-refractivity contribution in [1.82, 2.24) is 4.90 Å². The number of benzene rings is 1. The fourth-order valence-electron chi connectivity index (χ4n) is 3.93. The van der Waals surface area contributed by atoms with E-state index in [2.05, 4.69) is 4.90 Å². The Morgan fingerprint density at radius 1 is 1.20 bits per heavy atom. The van der Waals surface area contributed by atoms with Crippen LogP contribution in [0.15, 0.2) is 24.3 Å². The van der Waals surface area contributed by atoms with Gasteiger partial charge in [-0.3, -0.25) is 9.69 Å². The fraction of sp³-hybridized carbons (Fsp3) is 0.588. The van der Waals surface area contributed by atoms with Gasteiger partial charge in [-0.15, -0.1) is 0 Å². The molecule has 2 fully saturated rings. The Hall–Kier alpha value is -1.22. The van der Waals surface area contributed by atoms with E-state index in [1.807, 2.05) is 6.92 Å². The van der Waals surface area contributed by atoms with Gasteiger partial charge in [0.2, 0.25) is 0 Å². The number of carbonyl (C=O) groups excluding carboxylic acids is 1. The van der Waals surface area contributed by atoms with Gasteiger partial charge in [0.25, 0.3) is 0 Å². The van der Waals surface area contributed by atoms with Crippen molar-refractivity contribution in [3.8, 4) is 0 Å². The summed E-state index contributed by atoms with van der Waals surface area (Å²) in [5, 5.41) is 0. The lowest BCUT2D eigenvalue weighted by atomic mass is 9.85. The number of ketones is 1. The first kappa shape index (κ1) is 13.7. The summed E-state index contributed by atoms with van der Waals surface area (Å²) in [6, 6.07) is 6.43. The van der Waals surface area contributed by atoms with Crippen molar-refractivity contribution in [3.05, 3.63) is 35.6 Å². The van der Waals surface area contributed by atoms with Crippen molar-refractivity contribution in [2.24, 2.45) is 5.92 Å². The van der Waals surface area contributed by atoms with Crippen molar-refractivity contribution >= 4 is 5.78 Å². The molecule has 1 aliphatic carbocycles. The molecule has 3 rings (SSSR count). The molecule has 3 heteroatoms. The van der Waals surface area contributed by atoms with E-state index in [0.29, 0.717) is 11.6 Å². The average Bonchev–Trinajstić information content (AvgIpc) is 2.90. The Labute approximate surface area is 120 Å². The molecule has 2 nitrogen and oxygen atoms in total. The normalized spacial score (nSPS) is 28.1. The predicted octanol–water partition coefficient (Wildman–Crippen LogP) is 3.66. The molecule has 1 saturated carbocycles. The van der Waals surface area contributed by atoms with Gasteiger partial charge in [0.1, 0.15) is 5.82 Å². The Morgan fingerprint density at radius 3 is 2.65 bits per heavy atom. The first-order valence-electron chi connectivity index (χ1n) is 7.72. The van der Waals surface area contributed by atoms with E-state index in [1.165, 1.54) is 44.2 Å². The third-order valence-electron chi connectivity index (χ3n) is 5.06. The number of hydrogen-bond acceptors (Lipinski definition) is 2. The lowest BCUT2D eigenvalue weighted by Gasteiger charge is -2.35. The number of halogens is 1. The monoisotopic (exact) mass is 275 g/mol. The van der Waals surface area contributed by atoms with Crippen LogP contribution in [0, 0.1) is 11.7 Å². The third-order valence-corrected chi connectivity index (χ3v) is 5.06. The van der Waals surface area contributed by atoms with Crippen molar-refractivity contribution < 1.29 is 9.18 Å². The van der Waals surface area contributed by atoms with Crippen molar-refractivity contribution in [1.29, 1.82) is 0 Å². The van der Waals surface area contributed by atoms with Crippen LogP contribution in [0.1, 0.15) is 49.4 Å². The van der Waals surface area contributed by atoms with Crippen LogP contribution in [0.3, 0.4) is 0 Å². The van der Waals surface area contributed by atoms with E-state index < -0.39 is 0 Å². The Kier molecular flexibility index (Phi) is 3.88. The molecule has 0 spiro atoms. The van der Waals surface area contributed by atoms with E-state index in [1.54, 1.807) is 12.1 Å². The van der Waals surface area contributed by atoms with Gasteiger partial charge < -0.3 is 0 Å².